The Balaban J connectivity index is 2.09. The zero-order chi connectivity index (χ0) is 12.6. The maximum atomic E-state index is 6.63. The van der Waals surface area contributed by atoms with Crippen LogP contribution < -0.4 is 5.73 Å². The highest BCUT2D eigenvalue weighted by Gasteiger charge is 2.33. The molecule has 0 amide bonds. The van der Waals surface area contributed by atoms with E-state index in [1.54, 1.807) is 6.20 Å². The Kier molecular flexibility index (Phi) is 2.82. The van der Waals surface area contributed by atoms with Crippen molar-refractivity contribution in [3.05, 3.63) is 24.2 Å². The van der Waals surface area contributed by atoms with Crippen molar-refractivity contribution in [1.82, 2.24) is 14.5 Å². The summed E-state index contributed by atoms with van der Waals surface area (Å²) in [7, 11) is 2.05. The van der Waals surface area contributed by atoms with Gasteiger partial charge in [0.15, 0.2) is 5.65 Å². The van der Waals surface area contributed by atoms with Crippen LogP contribution in [0.3, 0.4) is 0 Å². The van der Waals surface area contributed by atoms with Crippen LogP contribution in [0.4, 0.5) is 0 Å². The molecular formula is C14H20N4. The minimum atomic E-state index is -0.272. The fourth-order valence-electron chi connectivity index (χ4n) is 3.05. The van der Waals surface area contributed by atoms with Gasteiger partial charge in [0, 0.05) is 13.2 Å². The van der Waals surface area contributed by atoms with Crippen molar-refractivity contribution in [2.75, 3.05) is 0 Å². The van der Waals surface area contributed by atoms with Crippen molar-refractivity contribution < 1.29 is 0 Å². The molecular weight excluding hydrogens is 224 g/mol. The second-order valence-corrected chi connectivity index (χ2v) is 5.41. The van der Waals surface area contributed by atoms with Gasteiger partial charge < -0.3 is 10.3 Å². The number of imidazole rings is 1. The Labute approximate surface area is 107 Å². The molecule has 0 saturated heterocycles. The number of hydrogen-bond acceptors (Lipinski definition) is 3. The number of hydrogen-bond donors (Lipinski definition) is 1. The summed E-state index contributed by atoms with van der Waals surface area (Å²) in [5, 5.41) is 0. The first-order valence-electron chi connectivity index (χ1n) is 6.77. The predicted molar refractivity (Wildman–Crippen MR) is 72.1 cm³/mol. The molecule has 2 heterocycles. The summed E-state index contributed by atoms with van der Waals surface area (Å²) in [6, 6.07) is 4.00. The minimum absolute atomic E-state index is 0.272. The van der Waals surface area contributed by atoms with Crippen LogP contribution in [0.15, 0.2) is 18.3 Å². The number of fused-ring (bicyclic) bond motifs is 1. The van der Waals surface area contributed by atoms with Crippen LogP contribution in [0.5, 0.6) is 0 Å². The third-order valence-electron chi connectivity index (χ3n) is 4.10. The van der Waals surface area contributed by atoms with E-state index in [2.05, 4.69) is 20.6 Å². The standard InChI is InChI=1S/C14H20N4/c1-18-11-7-6-10-16-12(11)17-13(18)14(15)8-4-2-3-5-9-14/h6-7,10H,2-5,8-9,15H2,1H3. The lowest BCUT2D eigenvalue weighted by Crippen LogP contribution is -2.38. The van der Waals surface area contributed by atoms with Crippen molar-refractivity contribution in [3.63, 3.8) is 0 Å². The number of aromatic nitrogens is 3. The first-order chi connectivity index (χ1) is 8.71. The molecule has 0 aliphatic heterocycles. The van der Waals surface area contributed by atoms with Crippen molar-refractivity contribution in [3.8, 4) is 0 Å². The maximum Gasteiger partial charge on any atom is 0.177 e. The van der Waals surface area contributed by atoms with Crippen LogP contribution in [0, 0.1) is 0 Å². The number of nitrogens with zero attached hydrogens (tertiary/aromatic N) is 3. The molecule has 1 saturated carbocycles. The first kappa shape index (κ1) is 11.7. The molecule has 2 aromatic rings. The van der Waals surface area contributed by atoms with E-state index in [-0.39, 0.29) is 5.54 Å². The Bertz CT molecular complexity index is 550. The number of pyridine rings is 1. The molecule has 0 unspecified atom stereocenters. The van der Waals surface area contributed by atoms with Gasteiger partial charge in [0.1, 0.15) is 5.82 Å². The Morgan fingerprint density at radius 2 is 1.94 bits per heavy atom. The summed E-state index contributed by atoms with van der Waals surface area (Å²) in [5.74, 6) is 0.998. The van der Waals surface area contributed by atoms with Crippen molar-refractivity contribution in [2.24, 2.45) is 12.8 Å². The fourth-order valence-corrected chi connectivity index (χ4v) is 3.05. The van der Waals surface area contributed by atoms with Crippen molar-refractivity contribution >= 4 is 11.2 Å². The number of aryl methyl sites for hydroxylation is 1. The minimum Gasteiger partial charge on any atom is -0.328 e. The van der Waals surface area contributed by atoms with E-state index < -0.39 is 0 Å². The molecule has 96 valence electrons. The predicted octanol–water partition coefficient (Wildman–Crippen LogP) is 2.48. The molecule has 2 N–H and O–H groups in total. The molecule has 1 aliphatic rings. The van der Waals surface area contributed by atoms with Crippen molar-refractivity contribution in [2.45, 2.75) is 44.1 Å². The lowest BCUT2D eigenvalue weighted by atomic mass is 9.90. The molecule has 1 aliphatic carbocycles. The van der Waals surface area contributed by atoms with Gasteiger partial charge in [-0.25, -0.2) is 9.97 Å². The van der Waals surface area contributed by atoms with E-state index in [0.29, 0.717) is 0 Å². The van der Waals surface area contributed by atoms with Gasteiger partial charge in [-0.1, -0.05) is 25.7 Å². The second kappa shape index (κ2) is 4.35. The fraction of sp³-hybridized carbons (Fsp3) is 0.571. The van der Waals surface area contributed by atoms with Crippen LogP contribution in [0.2, 0.25) is 0 Å². The van der Waals surface area contributed by atoms with Crippen LogP contribution in [0.1, 0.15) is 44.3 Å². The SMILES string of the molecule is Cn1c(C2(N)CCCCCC2)nc2ncccc21. The summed E-state index contributed by atoms with van der Waals surface area (Å²) >= 11 is 0. The van der Waals surface area contributed by atoms with Crippen LogP contribution in [-0.4, -0.2) is 14.5 Å². The highest BCUT2D eigenvalue weighted by atomic mass is 15.1. The van der Waals surface area contributed by atoms with E-state index in [1.807, 2.05) is 13.1 Å². The zero-order valence-electron chi connectivity index (χ0n) is 10.9. The highest BCUT2D eigenvalue weighted by molar-refractivity contribution is 5.71. The molecule has 0 bridgehead atoms. The van der Waals surface area contributed by atoms with Gasteiger partial charge in [0.25, 0.3) is 0 Å². The molecule has 1 fully saturated rings. The van der Waals surface area contributed by atoms with Gasteiger partial charge in [-0.3, -0.25) is 0 Å². The van der Waals surface area contributed by atoms with E-state index in [1.165, 1.54) is 25.7 Å². The Hall–Kier alpha value is -1.42. The van der Waals surface area contributed by atoms with Crippen LogP contribution in [-0.2, 0) is 12.6 Å². The van der Waals surface area contributed by atoms with Gasteiger partial charge >= 0.3 is 0 Å². The summed E-state index contributed by atoms with van der Waals surface area (Å²) in [6.07, 6.45) is 8.84. The Morgan fingerprint density at radius 3 is 2.61 bits per heavy atom. The largest absolute Gasteiger partial charge is 0.328 e. The smallest absolute Gasteiger partial charge is 0.177 e. The van der Waals surface area contributed by atoms with Gasteiger partial charge in [0.05, 0.1) is 11.1 Å². The number of nitrogens with two attached hydrogens (primary N) is 1. The van der Waals surface area contributed by atoms with Gasteiger partial charge in [-0.15, -0.1) is 0 Å². The lowest BCUT2D eigenvalue weighted by Gasteiger charge is -2.27. The van der Waals surface area contributed by atoms with E-state index in [4.69, 9.17) is 5.73 Å². The molecule has 0 atom stereocenters. The van der Waals surface area contributed by atoms with Crippen LogP contribution >= 0.6 is 0 Å². The highest BCUT2D eigenvalue weighted by Crippen LogP contribution is 2.33. The molecule has 0 radical (unpaired) electrons. The van der Waals surface area contributed by atoms with E-state index in [0.717, 1.165) is 29.8 Å². The topological polar surface area (TPSA) is 56.7 Å². The molecule has 4 nitrogen and oxygen atoms in total. The van der Waals surface area contributed by atoms with Crippen molar-refractivity contribution in [1.29, 1.82) is 0 Å². The summed E-state index contributed by atoms with van der Waals surface area (Å²) in [4.78, 5) is 9.00. The summed E-state index contributed by atoms with van der Waals surface area (Å²) < 4.78 is 2.12. The van der Waals surface area contributed by atoms with E-state index >= 15 is 0 Å². The third-order valence-corrected chi connectivity index (χ3v) is 4.10. The molecule has 18 heavy (non-hydrogen) atoms. The Morgan fingerprint density at radius 1 is 1.22 bits per heavy atom. The van der Waals surface area contributed by atoms with Gasteiger partial charge in [-0.2, -0.15) is 0 Å². The molecule has 3 rings (SSSR count). The average Bonchev–Trinajstić information content (AvgIpc) is 2.57. The monoisotopic (exact) mass is 244 g/mol. The van der Waals surface area contributed by atoms with E-state index in [9.17, 15) is 0 Å². The lowest BCUT2D eigenvalue weighted by molar-refractivity contribution is 0.355. The molecule has 0 spiro atoms. The summed E-state index contributed by atoms with van der Waals surface area (Å²) in [5.41, 5.74) is 8.24. The second-order valence-electron chi connectivity index (χ2n) is 5.41. The van der Waals surface area contributed by atoms with Gasteiger partial charge in [-0.05, 0) is 25.0 Å². The quantitative estimate of drug-likeness (QED) is 0.784. The molecule has 2 aromatic heterocycles. The number of rotatable bonds is 1. The normalized spacial score (nSPS) is 19.9. The van der Waals surface area contributed by atoms with Crippen LogP contribution in [0.25, 0.3) is 11.2 Å². The zero-order valence-corrected chi connectivity index (χ0v) is 10.9. The summed E-state index contributed by atoms with van der Waals surface area (Å²) in [6.45, 7) is 0. The maximum absolute atomic E-state index is 6.63. The third kappa shape index (κ3) is 1.81. The molecule has 4 heteroatoms. The average molecular weight is 244 g/mol. The van der Waals surface area contributed by atoms with Gasteiger partial charge in [0.2, 0.25) is 0 Å². The molecule has 0 aromatic carbocycles. The first-order valence-corrected chi connectivity index (χ1v) is 6.77.